The zero-order chi connectivity index (χ0) is 12.8. The molecule has 100 valence electrons. The van der Waals surface area contributed by atoms with E-state index in [0.717, 1.165) is 5.88 Å². The maximum Gasteiger partial charge on any atom is 0.217 e. The van der Waals surface area contributed by atoms with Crippen LogP contribution in [-0.4, -0.2) is 30.1 Å². The zero-order valence-corrected chi connectivity index (χ0v) is 11.6. The van der Waals surface area contributed by atoms with Gasteiger partial charge in [0.1, 0.15) is 0 Å². The normalized spacial score (nSPS) is 20.9. The summed E-state index contributed by atoms with van der Waals surface area (Å²) in [6, 6.07) is 4.68. The molecule has 0 saturated carbocycles. The van der Waals surface area contributed by atoms with Gasteiger partial charge < -0.3 is 4.74 Å². The fourth-order valence-electron chi connectivity index (χ4n) is 2.80. The largest absolute Gasteiger partial charge is 0.481 e. The fourth-order valence-corrected chi connectivity index (χ4v) is 2.80. The molecule has 1 saturated heterocycles. The summed E-state index contributed by atoms with van der Waals surface area (Å²) >= 11 is 0. The van der Waals surface area contributed by atoms with Gasteiger partial charge in [-0.3, -0.25) is 4.90 Å². The number of nitrogens with zero attached hydrogens (tertiary/aromatic N) is 2. The number of rotatable bonds is 5. The quantitative estimate of drug-likeness (QED) is 0.798. The van der Waals surface area contributed by atoms with E-state index in [9.17, 15) is 0 Å². The average Bonchev–Trinajstić information content (AvgIpc) is 2.45. The van der Waals surface area contributed by atoms with Crippen LogP contribution >= 0.6 is 0 Å². The first kappa shape index (κ1) is 13.3. The molecule has 1 aliphatic heterocycles. The molecule has 3 heteroatoms. The van der Waals surface area contributed by atoms with Crippen molar-refractivity contribution in [1.82, 2.24) is 9.88 Å². The Balaban J connectivity index is 2.16. The number of hydrogen-bond acceptors (Lipinski definition) is 3. The van der Waals surface area contributed by atoms with Gasteiger partial charge >= 0.3 is 0 Å². The van der Waals surface area contributed by atoms with E-state index in [-0.39, 0.29) is 0 Å². The summed E-state index contributed by atoms with van der Waals surface area (Å²) in [5, 5.41) is 0. The first-order chi connectivity index (χ1) is 8.86. The van der Waals surface area contributed by atoms with Gasteiger partial charge in [-0.05, 0) is 38.4 Å². The number of unbranched alkanes of at least 4 members (excludes halogenated alkanes) is 1. The van der Waals surface area contributed by atoms with Crippen molar-refractivity contribution in [3.63, 3.8) is 0 Å². The maximum absolute atomic E-state index is 5.41. The lowest BCUT2D eigenvalue weighted by molar-refractivity contribution is 0.143. The number of pyridine rings is 1. The Kier molecular flexibility index (Phi) is 5.00. The van der Waals surface area contributed by atoms with Crippen molar-refractivity contribution < 1.29 is 4.74 Å². The van der Waals surface area contributed by atoms with Gasteiger partial charge in [0.25, 0.3) is 0 Å². The number of aromatic nitrogens is 1. The average molecular weight is 248 g/mol. The van der Waals surface area contributed by atoms with Crippen LogP contribution in [0, 0.1) is 0 Å². The first-order valence-corrected chi connectivity index (χ1v) is 7.09. The summed E-state index contributed by atoms with van der Waals surface area (Å²) in [4.78, 5) is 6.94. The van der Waals surface area contributed by atoms with Crippen LogP contribution in [0.15, 0.2) is 18.3 Å². The van der Waals surface area contributed by atoms with Crippen LogP contribution in [-0.2, 0) is 0 Å². The molecule has 0 amide bonds. The number of ether oxygens (including phenoxy) is 1. The smallest absolute Gasteiger partial charge is 0.217 e. The lowest BCUT2D eigenvalue weighted by Crippen LogP contribution is -2.34. The minimum absolute atomic E-state index is 0.494. The van der Waals surface area contributed by atoms with E-state index in [2.05, 4.69) is 22.9 Å². The molecule has 3 nitrogen and oxygen atoms in total. The number of piperidine rings is 1. The van der Waals surface area contributed by atoms with Crippen LogP contribution in [0.4, 0.5) is 0 Å². The van der Waals surface area contributed by atoms with Crippen molar-refractivity contribution in [2.45, 2.75) is 45.1 Å². The van der Waals surface area contributed by atoms with E-state index in [4.69, 9.17) is 4.74 Å². The van der Waals surface area contributed by atoms with Gasteiger partial charge in [-0.2, -0.15) is 0 Å². The minimum Gasteiger partial charge on any atom is -0.481 e. The number of methoxy groups -OCH3 is 1. The van der Waals surface area contributed by atoms with Crippen molar-refractivity contribution >= 4 is 0 Å². The molecule has 2 rings (SSSR count). The Morgan fingerprint density at radius 1 is 1.44 bits per heavy atom. The van der Waals surface area contributed by atoms with Gasteiger partial charge in [-0.15, -0.1) is 0 Å². The van der Waals surface area contributed by atoms with Gasteiger partial charge in [-0.1, -0.05) is 25.8 Å². The van der Waals surface area contributed by atoms with Gasteiger partial charge in [-0.25, -0.2) is 4.98 Å². The predicted octanol–water partition coefficient (Wildman–Crippen LogP) is 3.42. The van der Waals surface area contributed by atoms with Crippen LogP contribution in [0.1, 0.15) is 50.6 Å². The SMILES string of the molecule is CCCCN1CCCCC1c1cccnc1OC. The zero-order valence-electron chi connectivity index (χ0n) is 11.6. The summed E-state index contributed by atoms with van der Waals surface area (Å²) in [5.41, 5.74) is 1.26. The molecular weight excluding hydrogens is 224 g/mol. The van der Waals surface area contributed by atoms with Crippen molar-refractivity contribution in [1.29, 1.82) is 0 Å². The van der Waals surface area contributed by atoms with Gasteiger partial charge in [0, 0.05) is 17.8 Å². The summed E-state index contributed by atoms with van der Waals surface area (Å²) in [5.74, 6) is 0.797. The Morgan fingerprint density at radius 2 is 2.33 bits per heavy atom. The third kappa shape index (κ3) is 3.02. The number of likely N-dealkylation sites (tertiary alicyclic amines) is 1. The van der Waals surface area contributed by atoms with Gasteiger partial charge in [0.05, 0.1) is 7.11 Å². The molecule has 1 atom stereocenters. The van der Waals surface area contributed by atoms with Crippen molar-refractivity contribution in [3.8, 4) is 5.88 Å². The molecule has 18 heavy (non-hydrogen) atoms. The molecule has 1 aromatic rings. The third-order valence-electron chi connectivity index (χ3n) is 3.77. The molecule has 0 N–H and O–H groups in total. The maximum atomic E-state index is 5.41. The highest BCUT2D eigenvalue weighted by Crippen LogP contribution is 2.34. The molecule has 1 fully saturated rings. The summed E-state index contributed by atoms with van der Waals surface area (Å²) < 4.78 is 5.41. The lowest BCUT2D eigenvalue weighted by atomic mass is 9.95. The second-order valence-electron chi connectivity index (χ2n) is 5.00. The third-order valence-corrected chi connectivity index (χ3v) is 3.77. The van der Waals surface area contributed by atoms with Crippen LogP contribution in [0.25, 0.3) is 0 Å². The molecule has 0 aliphatic carbocycles. The fraction of sp³-hybridized carbons (Fsp3) is 0.667. The Hall–Kier alpha value is -1.09. The summed E-state index contributed by atoms with van der Waals surface area (Å²) in [7, 11) is 1.71. The minimum atomic E-state index is 0.494. The first-order valence-electron chi connectivity index (χ1n) is 7.09. The summed E-state index contributed by atoms with van der Waals surface area (Å²) in [6.07, 6.45) is 8.20. The summed E-state index contributed by atoms with van der Waals surface area (Å²) in [6.45, 7) is 4.66. The van der Waals surface area contributed by atoms with Crippen LogP contribution in [0.5, 0.6) is 5.88 Å². The van der Waals surface area contributed by atoms with Crippen LogP contribution < -0.4 is 4.74 Å². The molecule has 1 unspecified atom stereocenters. The van der Waals surface area contributed by atoms with E-state index < -0.39 is 0 Å². The van der Waals surface area contributed by atoms with Crippen LogP contribution in [0.2, 0.25) is 0 Å². The highest BCUT2D eigenvalue weighted by Gasteiger charge is 2.26. The molecular formula is C15H24N2O. The van der Waals surface area contributed by atoms with Gasteiger partial charge in [0.2, 0.25) is 5.88 Å². The molecule has 1 aliphatic rings. The molecule has 1 aromatic heterocycles. The van der Waals surface area contributed by atoms with E-state index in [1.807, 2.05) is 12.3 Å². The Labute approximate surface area is 110 Å². The van der Waals surface area contributed by atoms with E-state index in [1.165, 1.54) is 50.8 Å². The van der Waals surface area contributed by atoms with E-state index >= 15 is 0 Å². The van der Waals surface area contributed by atoms with Gasteiger partial charge in [0.15, 0.2) is 0 Å². The van der Waals surface area contributed by atoms with Crippen molar-refractivity contribution in [3.05, 3.63) is 23.9 Å². The lowest BCUT2D eigenvalue weighted by Gasteiger charge is -2.36. The Bertz CT molecular complexity index is 367. The molecule has 2 heterocycles. The second-order valence-corrected chi connectivity index (χ2v) is 5.00. The van der Waals surface area contributed by atoms with Crippen LogP contribution in [0.3, 0.4) is 0 Å². The topological polar surface area (TPSA) is 25.4 Å². The highest BCUT2D eigenvalue weighted by molar-refractivity contribution is 5.29. The van der Waals surface area contributed by atoms with E-state index in [0.29, 0.717) is 6.04 Å². The molecule has 0 aromatic carbocycles. The van der Waals surface area contributed by atoms with Crippen molar-refractivity contribution in [2.24, 2.45) is 0 Å². The van der Waals surface area contributed by atoms with Crippen molar-refractivity contribution in [2.75, 3.05) is 20.2 Å². The molecule has 0 radical (unpaired) electrons. The highest BCUT2D eigenvalue weighted by atomic mass is 16.5. The second kappa shape index (κ2) is 6.74. The Morgan fingerprint density at radius 3 is 3.11 bits per heavy atom. The number of hydrogen-bond donors (Lipinski definition) is 0. The standard InChI is InChI=1S/C15H24N2O/c1-3-4-11-17-12-6-5-9-14(17)13-8-7-10-16-15(13)18-2/h7-8,10,14H,3-6,9,11-12H2,1-2H3. The predicted molar refractivity (Wildman–Crippen MR) is 73.9 cm³/mol. The molecule has 0 bridgehead atoms. The monoisotopic (exact) mass is 248 g/mol. The van der Waals surface area contributed by atoms with E-state index in [1.54, 1.807) is 7.11 Å². The molecule has 0 spiro atoms.